The summed E-state index contributed by atoms with van der Waals surface area (Å²) in [5.74, 6) is 1.88. The molecule has 0 fully saturated rings. The maximum atomic E-state index is 6.08. The highest BCUT2D eigenvalue weighted by Crippen LogP contribution is 2.29. The van der Waals surface area contributed by atoms with Crippen LogP contribution in [0.4, 0.5) is 0 Å². The summed E-state index contributed by atoms with van der Waals surface area (Å²) >= 11 is 7.39. The van der Waals surface area contributed by atoms with Crippen LogP contribution in [0.1, 0.15) is 54.6 Å². The molecule has 1 atom stereocenters. The first-order valence-corrected chi connectivity index (χ1v) is 8.20. The van der Waals surface area contributed by atoms with Crippen LogP contribution in [0.15, 0.2) is 23.6 Å². The van der Waals surface area contributed by atoms with E-state index in [4.69, 9.17) is 16.3 Å². The van der Waals surface area contributed by atoms with Crippen LogP contribution in [0.3, 0.4) is 0 Å². The third kappa shape index (κ3) is 3.53. The fourth-order valence-electron chi connectivity index (χ4n) is 1.91. The zero-order valence-corrected chi connectivity index (χ0v) is 13.9. The van der Waals surface area contributed by atoms with Crippen LogP contribution in [0, 0.1) is 6.92 Å². The summed E-state index contributed by atoms with van der Waals surface area (Å²) in [6.07, 6.45) is -0.0573. The summed E-state index contributed by atoms with van der Waals surface area (Å²) in [7, 11) is 0. The van der Waals surface area contributed by atoms with E-state index in [0.29, 0.717) is 11.8 Å². The van der Waals surface area contributed by atoms with Gasteiger partial charge in [-0.05, 0) is 37.0 Å². The number of aryl methyl sites for hydroxylation is 1. The summed E-state index contributed by atoms with van der Waals surface area (Å²) < 4.78 is 6.08. The van der Waals surface area contributed by atoms with Crippen molar-refractivity contribution in [3.63, 3.8) is 0 Å². The van der Waals surface area contributed by atoms with Crippen molar-refractivity contribution in [3.8, 4) is 5.75 Å². The Morgan fingerprint density at radius 1 is 1.30 bits per heavy atom. The van der Waals surface area contributed by atoms with Gasteiger partial charge in [0.25, 0.3) is 0 Å². The Bertz CT molecular complexity index is 580. The van der Waals surface area contributed by atoms with Gasteiger partial charge in [0.2, 0.25) is 0 Å². The molecule has 0 spiro atoms. The molecule has 20 heavy (non-hydrogen) atoms. The van der Waals surface area contributed by atoms with Gasteiger partial charge in [-0.25, -0.2) is 4.98 Å². The molecule has 1 unspecified atom stereocenters. The zero-order chi connectivity index (χ0) is 14.7. The molecule has 0 amide bonds. The lowest BCUT2D eigenvalue weighted by atomic mass is 10.0. The lowest BCUT2D eigenvalue weighted by molar-refractivity contribution is 0.224. The summed E-state index contributed by atoms with van der Waals surface area (Å²) in [5.41, 5.74) is 3.35. The number of nitrogens with zero attached hydrogens (tertiary/aromatic N) is 1. The molecule has 0 N–H and O–H groups in total. The van der Waals surface area contributed by atoms with Gasteiger partial charge in [-0.15, -0.1) is 22.9 Å². The number of hydrogen-bond acceptors (Lipinski definition) is 3. The number of alkyl halides is 1. The maximum Gasteiger partial charge on any atom is 0.147 e. The van der Waals surface area contributed by atoms with Gasteiger partial charge < -0.3 is 4.74 Å². The van der Waals surface area contributed by atoms with Crippen LogP contribution in [0.25, 0.3) is 0 Å². The molecule has 1 heterocycles. The highest BCUT2D eigenvalue weighted by molar-refractivity contribution is 7.09. The predicted molar refractivity (Wildman–Crippen MR) is 86.0 cm³/mol. The van der Waals surface area contributed by atoms with E-state index in [1.807, 2.05) is 12.3 Å². The van der Waals surface area contributed by atoms with Crippen molar-refractivity contribution in [1.82, 2.24) is 4.98 Å². The zero-order valence-electron chi connectivity index (χ0n) is 12.3. The molecule has 0 saturated heterocycles. The highest BCUT2D eigenvalue weighted by atomic mass is 35.5. The second-order valence-electron chi connectivity index (χ2n) is 5.25. The number of benzene rings is 1. The molecule has 0 saturated carbocycles. The van der Waals surface area contributed by atoms with Gasteiger partial charge in [-0.2, -0.15) is 0 Å². The van der Waals surface area contributed by atoms with Crippen molar-refractivity contribution in [3.05, 3.63) is 45.4 Å². The number of rotatable bonds is 5. The molecule has 108 valence electrons. The molecule has 2 aromatic rings. The largest absolute Gasteiger partial charge is 0.483 e. The minimum atomic E-state index is -0.0573. The standard InChI is InChI=1S/C16H20ClNOS/c1-10(2)13-6-5-11(3)15(7-13)19-12(4)16-18-14(8-17)9-20-16/h5-7,9-10,12H,8H2,1-4H3. The van der Waals surface area contributed by atoms with Crippen LogP contribution in [-0.2, 0) is 5.88 Å². The Labute approximate surface area is 129 Å². The second-order valence-corrected chi connectivity index (χ2v) is 6.41. The van der Waals surface area contributed by atoms with Gasteiger partial charge >= 0.3 is 0 Å². The molecular weight excluding hydrogens is 290 g/mol. The molecule has 0 aliphatic carbocycles. The van der Waals surface area contributed by atoms with E-state index in [0.717, 1.165) is 22.0 Å². The first-order chi connectivity index (χ1) is 9.51. The lowest BCUT2D eigenvalue weighted by Gasteiger charge is -2.16. The summed E-state index contributed by atoms with van der Waals surface area (Å²) in [5, 5.41) is 2.95. The minimum Gasteiger partial charge on any atom is -0.483 e. The number of thiazole rings is 1. The van der Waals surface area contributed by atoms with Gasteiger partial charge in [0, 0.05) is 5.38 Å². The summed E-state index contributed by atoms with van der Waals surface area (Å²) in [4.78, 5) is 4.47. The number of hydrogen-bond donors (Lipinski definition) is 0. The van der Waals surface area contributed by atoms with Crippen molar-refractivity contribution < 1.29 is 4.74 Å². The van der Waals surface area contributed by atoms with E-state index in [1.165, 1.54) is 5.56 Å². The molecule has 0 radical (unpaired) electrons. The fraction of sp³-hybridized carbons (Fsp3) is 0.438. The van der Waals surface area contributed by atoms with Crippen molar-refractivity contribution in [2.75, 3.05) is 0 Å². The van der Waals surface area contributed by atoms with Crippen molar-refractivity contribution in [1.29, 1.82) is 0 Å². The van der Waals surface area contributed by atoms with E-state index in [2.05, 4.69) is 44.0 Å². The Hall–Kier alpha value is -1.06. The fourth-order valence-corrected chi connectivity index (χ4v) is 2.95. The van der Waals surface area contributed by atoms with E-state index >= 15 is 0 Å². The van der Waals surface area contributed by atoms with Crippen molar-refractivity contribution in [2.24, 2.45) is 0 Å². The lowest BCUT2D eigenvalue weighted by Crippen LogP contribution is -2.04. The topological polar surface area (TPSA) is 22.1 Å². The molecule has 4 heteroatoms. The minimum absolute atomic E-state index is 0.0573. The van der Waals surface area contributed by atoms with Gasteiger partial charge in [0.15, 0.2) is 0 Å². The first kappa shape index (κ1) is 15.3. The normalized spacial score (nSPS) is 12.7. The molecular formula is C16H20ClNOS. The Kier molecular flexibility index (Phi) is 5.06. The number of aromatic nitrogens is 1. The average molecular weight is 310 g/mol. The molecule has 0 aliphatic rings. The maximum absolute atomic E-state index is 6.08. The molecule has 0 bridgehead atoms. The number of halogens is 1. The van der Waals surface area contributed by atoms with E-state index in [-0.39, 0.29) is 6.10 Å². The number of ether oxygens (including phenoxy) is 1. The summed E-state index contributed by atoms with van der Waals surface area (Å²) in [6.45, 7) is 8.47. The molecule has 2 nitrogen and oxygen atoms in total. The second kappa shape index (κ2) is 6.59. The van der Waals surface area contributed by atoms with Crippen LogP contribution in [-0.4, -0.2) is 4.98 Å². The van der Waals surface area contributed by atoms with Gasteiger partial charge in [0.05, 0.1) is 11.6 Å². The molecule has 0 aliphatic heterocycles. The molecule has 1 aromatic carbocycles. The average Bonchev–Trinajstić information content (AvgIpc) is 2.89. The quantitative estimate of drug-likeness (QED) is 0.685. The van der Waals surface area contributed by atoms with Crippen molar-refractivity contribution >= 4 is 22.9 Å². The SMILES string of the molecule is Cc1ccc(C(C)C)cc1OC(C)c1nc(CCl)cs1. The van der Waals surface area contributed by atoms with Crippen molar-refractivity contribution in [2.45, 2.75) is 45.6 Å². The monoisotopic (exact) mass is 309 g/mol. The first-order valence-electron chi connectivity index (χ1n) is 6.78. The molecule has 1 aromatic heterocycles. The van der Waals surface area contributed by atoms with Crippen LogP contribution < -0.4 is 4.74 Å². The highest BCUT2D eigenvalue weighted by Gasteiger charge is 2.14. The van der Waals surface area contributed by atoms with Gasteiger partial charge in [-0.1, -0.05) is 26.0 Å². The third-order valence-corrected chi connectivity index (χ3v) is 4.57. The van der Waals surface area contributed by atoms with Gasteiger partial charge in [0.1, 0.15) is 16.9 Å². The Morgan fingerprint density at radius 2 is 2.05 bits per heavy atom. The summed E-state index contributed by atoms with van der Waals surface area (Å²) in [6, 6.07) is 6.41. The molecule has 2 rings (SSSR count). The Morgan fingerprint density at radius 3 is 2.65 bits per heavy atom. The van der Waals surface area contributed by atoms with E-state index < -0.39 is 0 Å². The Balaban J connectivity index is 2.18. The predicted octanol–water partition coefficient (Wildman–Crippen LogP) is 5.45. The smallest absolute Gasteiger partial charge is 0.147 e. The van der Waals surface area contributed by atoms with Crippen LogP contribution in [0.5, 0.6) is 5.75 Å². The van der Waals surface area contributed by atoms with Crippen LogP contribution in [0.2, 0.25) is 0 Å². The van der Waals surface area contributed by atoms with Crippen LogP contribution >= 0.6 is 22.9 Å². The van der Waals surface area contributed by atoms with E-state index in [9.17, 15) is 0 Å². The van der Waals surface area contributed by atoms with Gasteiger partial charge in [-0.3, -0.25) is 0 Å². The third-order valence-electron chi connectivity index (χ3n) is 3.24. The van der Waals surface area contributed by atoms with E-state index in [1.54, 1.807) is 11.3 Å².